The lowest BCUT2D eigenvalue weighted by molar-refractivity contribution is -0.138. The molecule has 1 fully saturated rings. The molecule has 0 heterocycles. The van der Waals surface area contributed by atoms with Crippen LogP contribution >= 0.6 is 0 Å². The lowest BCUT2D eigenvalue weighted by Crippen LogP contribution is -2.21. The average Bonchev–Trinajstić information content (AvgIpc) is 3.01. The van der Waals surface area contributed by atoms with Crippen LogP contribution in [-0.4, -0.2) is 29.6 Å². The average molecular weight is 237 g/mol. The zero-order valence-corrected chi connectivity index (χ0v) is 9.77. The number of carboxylic acid groups (broad SMARTS) is 1. The Kier molecular flexibility index (Phi) is 3.43. The molecule has 3 nitrogen and oxygen atoms in total. The summed E-state index contributed by atoms with van der Waals surface area (Å²) in [6.07, 6.45) is 0.781. The van der Waals surface area contributed by atoms with Gasteiger partial charge >= 0.3 is 5.97 Å². The Balaban J connectivity index is 1.80. The van der Waals surface area contributed by atoms with E-state index in [0.29, 0.717) is 0 Å². The number of hydrogen-bond donors (Lipinski definition) is 1. The van der Waals surface area contributed by atoms with Gasteiger partial charge in [-0.25, -0.2) is 4.39 Å². The monoisotopic (exact) mass is 237 g/mol. The summed E-state index contributed by atoms with van der Waals surface area (Å²) >= 11 is 0. The normalized spacial score (nSPS) is 22.8. The predicted molar refractivity (Wildman–Crippen MR) is 62.0 cm³/mol. The molecule has 2 rings (SSSR count). The van der Waals surface area contributed by atoms with Crippen molar-refractivity contribution in [1.82, 2.24) is 4.90 Å². The number of aliphatic carboxylic acids is 1. The van der Waals surface area contributed by atoms with E-state index in [4.69, 9.17) is 5.11 Å². The Hall–Kier alpha value is -1.42. The fourth-order valence-corrected chi connectivity index (χ4v) is 2.12. The minimum absolute atomic E-state index is 0.161. The highest BCUT2D eigenvalue weighted by molar-refractivity contribution is 5.73. The number of nitrogens with zero attached hydrogens (tertiary/aromatic N) is 1. The van der Waals surface area contributed by atoms with Crippen LogP contribution in [0.15, 0.2) is 24.3 Å². The molecule has 0 bridgehead atoms. The van der Waals surface area contributed by atoms with Crippen molar-refractivity contribution in [1.29, 1.82) is 0 Å². The molecule has 92 valence electrons. The highest BCUT2D eigenvalue weighted by Gasteiger charge is 2.43. The lowest BCUT2D eigenvalue weighted by Gasteiger charge is -2.16. The van der Waals surface area contributed by atoms with Gasteiger partial charge in [0.05, 0.1) is 5.92 Å². The van der Waals surface area contributed by atoms with Gasteiger partial charge in [-0.3, -0.25) is 4.79 Å². The van der Waals surface area contributed by atoms with Crippen LogP contribution in [0.4, 0.5) is 4.39 Å². The van der Waals surface area contributed by atoms with Crippen LogP contribution < -0.4 is 0 Å². The zero-order valence-electron chi connectivity index (χ0n) is 9.77. The second kappa shape index (κ2) is 4.84. The molecular formula is C13H16FNO2. The molecule has 1 saturated carbocycles. The van der Waals surface area contributed by atoms with E-state index < -0.39 is 5.97 Å². The highest BCUT2D eigenvalue weighted by atomic mass is 19.1. The maximum atomic E-state index is 12.7. The third kappa shape index (κ3) is 3.27. The number of benzene rings is 1. The Morgan fingerprint density at radius 3 is 2.65 bits per heavy atom. The van der Waals surface area contributed by atoms with Gasteiger partial charge in [0, 0.05) is 13.1 Å². The number of rotatable bonds is 5. The quantitative estimate of drug-likeness (QED) is 0.851. The Bertz CT molecular complexity index is 404. The van der Waals surface area contributed by atoms with Gasteiger partial charge in [-0.1, -0.05) is 12.1 Å². The summed E-state index contributed by atoms with van der Waals surface area (Å²) in [5.41, 5.74) is 1.04. The van der Waals surface area contributed by atoms with E-state index >= 15 is 0 Å². The van der Waals surface area contributed by atoms with E-state index in [1.54, 1.807) is 12.1 Å². The van der Waals surface area contributed by atoms with Crippen molar-refractivity contribution in [2.24, 2.45) is 11.8 Å². The first-order valence-corrected chi connectivity index (χ1v) is 5.72. The fourth-order valence-electron chi connectivity index (χ4n) is 2.12. The molecule has 0 aromatic heterocycles. The summed E-state index contributed by atoms with van der Waals surface area (Å²) in [7, 11) is 1.96. The first-order valence-electron chi connectivity index (χ1n) is 5.72. The Morgan fingerprint density at radius 2 is 2.12 bits per heavy atom. The van der Waals surface area contributed by atoms with Crippen molar-refractivity contribution in [2.45, 2.75) is 13.0 Å². The van der Waals surface area contributed by atoms with Crippen LogP contribution in [0, 0.1) is 17.7 Å². The van der Waals surface area contributed by atoms with Gasteiger partial charge in [0.2, 0.25) is 0 Å². The molecule has 0 saturated heterocycles. The summed E-state index contributed by atoms with van der Waals surface area (Å²) in [5.74, 6) is -0.807. The Morgan fingerprint density at radius 1 is 1.47 bits per heavy atom. The van der Waals surface area contributed by atoms with E-state index in [9.17, 15) is 9.18 Å². The standard InChI is InChI=1S/C13H16FNO2/c1-15(8-10-6-12(10)13(16)17)7-9-2-4-11(14)5-3-9/h2-5,10,12H,6-8H2,1H3,(H,16,17). The fraction of sp³-hybridized carbons (Fsp3) is 0.462. The largest absolute Gasteiger partial charge is 0.481 e. The van der Waals surface area contributed by atoms with E-state index in [2.05, 4.69) is 4.90 Å². The second-order valence-corrected chi connectivity index (χ2v) is 4.76. The number of carboxylic acids is 1. The van der Waals surface area contributed by atoms with Crippen LogP contribution in [-0.2, 0) is 11.3 Å². The molecule has 0 aliphatic heterocycles. The molecule has 0 radical (unpaired) electrons. The smallest absolute Gasteiger partial charge is 0.306 e. The summed E-state index contributed by atoms with van der Waals surface area (Å²) < 4.78 is 12.7. The van der Waals surface area contributed by atoms with Gasteiger partial charge < -0.3 is 10.0 Å². The summed E-state index contributed by atoms with van der Waals surface area (Å²) in [6.45, 7) is 1.51. The van der Waals surface area contributed by atoms with E-state index in [0.717, 1.165) is 25.1 Å². The molecule has 17 heavy (non-hydrogen) atoms. The molecule has 1 aromatic rings. The van der Waals surface area contributed by atoms with Crippen molar-refractivity contribution >= 4 is 5.97 Å². The summed E-state index contributed by atoms with van der Waals surface area (Å²) in [6, 6.07) is 6.40. The van der Waals surface area contributed by atoms with Crippen molar-refractivity contribution < 1.29 is 14.3 Å². The van der Waals surface area contributed by atoms with Crippen LogP contribution in [0.1, 0.15) is 12.0 Å². The van der Waals surface area contributed by atoms with Crippen molar-refractivity contribution in [2.75, 3.05) is 13.6 Å². The molecular weight excluding hydrogens is 221 g/mol. The minimum atomic E-state index is -0.690. The van der Waals surface area contributed by atoms with Gasteiger partial charge in [-0.2, -0.15) is 0 Å². The zero-order chi connectivity index (χ0) is 12.4. The molecule has 0 spiro atoms. The molecule has 1 aliphatic rings. The SMILES string of the molecule is CN(Cc1ccc(F)cc1)CC1CC1C(=O)O. The van der Waals surface area contributed by atoms with Gasteiger partial charge in [0.1, 0.15) is 5.82 Å². The Labute approximate surface area is 99.9 Å². The van der Waals surface area contributed by atoms with Crippen molar-refractivity contribution in [3.63, 3.8) is 0 Å². The number of hydrogen-bond acceptors (Lipinski definition) is 2. The molecule has 2 atom stereocenters. The summed E-state index contributed by atoms with van der Waals surface area (Å²) in [5, 5.41) is 8.80. The first kappa shape index (κ1) is 12.0. The highest BCUT2D eigenvalue weighted by Crippen LogP contribution is 2.39. The van der Waals surface area contributed by atoms with E-state index in [1.807, 2.05) is 7.05 Å². The number of halogens is 1. The molecule has 4 heteroatoms. The predicted octanol–water partition coefficient (Wildman–Crippen LogP) is 1.98. The van der Waals surface area contributed by atoms with Gasteiger partial charge in [-0.15, -0.1) is 0 Å². The van der Waals surface area contributed by atoms with Crippen molar-refractivity contribution in [3.8, 4) is 0 Å². The van der Waals surface area contributed by atoms with E-state index in [1.165, 1.54) is 12.1 Å². The van der Waals surface area contributed by atoms with Gasteiger partial charge in [0.15, 0.2) is 0 Å². The number of carbonyl (C=O) groups is 1. The first-order chi connectivity index (χ1) is 8.06. The molecule has 0 amide bonds. The minimum Gasteiger partial charge on any atom is -0.481 e. The van der Waals surface area contributed by atoms with Crippen LogP contribution in [0.2, 0.25) is 0 Å². The van der Waals surface area contributed by atoms with Crippen molar-refractivity contribution in [3.05, 3.63) is 35.6 Å². The molecule has 1 aliphatic carbocycles. The second-order valence-electron chi connectivity index (χ2n) is 4.76. The maximum Gasteiger partial charge on any atom is 0.306 e. The molecule has 1 aromatic carbocycles. The summed E-state index contributed by atoms with van der Waals surface area (Å²) in [4.78, 5) is 12.8. The lowest BCUT2D eigenvalue weighted by atomic mass is 10.2. The van der Waals surface area contributed by atoms with Crippen LogP contribution in [0.3, 0.4) is 0 Å². The third-order valence-electron chi connectivity index (χ3n) is 3.15. The molecule has 1 N–H and O–H groups in total. The van der Waals surface area contributed by atoms with E-state index in [-0.39, 0.29) is 17.7 Å². The maximum absolute atomic E-state index is 12.7. The van der Waals surface area contributed by atoms with Crippen LogP contribution in [0.25, 0.3) is 0 Å². The topological polar surface area (TPSA) is 40.5 Å². The molecule has 2 unspecified atom stereocenters. The van der Waals surface area contributed by atoms with Gasteiger partial charge in [-0.05, 0) is 37.1 Å². The van der Waals surface area contributed by atoms with Gasteiger partial charge in [0.25, 0.3) is 0 Å². The third-order valence-corrected chi connectivity index (χ3v) is 3.15. The van der Waals surface area contributed by atoms with Crippen LogP contribution in [0.5, 0.6) is 0 Å².